The highest BCUT2D eigenvalue weighted by Gasteiger charge is 2.19. The largest absolute Gasteiger partial charge is 0.368 e. The lowest BCUT2D eigenvalue weighted by Crippen LogP contribution is -2.46. The highest BCUT2D eigenvalue weighted by Crippen LogP contribution is 2.19. The predicted octanol–water partition coefficient (Wildman–Crippen LogP) is 2.73. The maximum Gasteiger partial charge on any atom is 0.251 e. The third-order valence-electron chi connectivity index (χ3n) is 4.89. The summed E-state index contributed by atoms with van der Waals surface area (Å²) in [6, 6.07) is 19.7. The van der Waals surface area contributed by atoms with Crippen molar-refractivity contribution in [1.29, 1.82) is 0 Å². The first-order chi connectivity index (χ1) is 13.8. The summed E-state index contributed by atoms with van der Waals surface area (Å²) in [5.41, 5.74) is 2.70. The Balaban J connectivity index is 1.37. The van der Waals surface area contributed by atoms with Crippen molar-refractivity contribution >= 4 is 17.4 Å². The second-order valence-electron chi connectivity index (χ2n) is 6.72. The number of hydrogen-bond donors (Lipinski definition) is 1. The zero-order valence-electron chi connectivity index (χ0n) is 15.7. The molecule has 2 aromatic heterocycles. The lowest BCUT2D eigenvalue weighted by atomic mass is 10.2. The number of aromatic nitrogens is 2. The average molecular weight is 373 g/mol. The molecular weight excluding hydrogens is 350 g/mol. The van der Waals surface area contributed by atoms with E-state index in [4.69, 9.17) is 0 Å². The summed E-state index contributed by atoms with van der Waals surface area (Å²) in [5.74, 6) is 0.732. The Kier molecular flexibility index (Phi) is 5.47. The molecule has 3 aromatic rings. The van der Waals surface area contributed by atoms with Crippen LogP contribution in [0.3, 0.4) is 0 Å². The number of para-hydroxylation sites is 1. The molecule has 0 radical (unpaired) electrons. The van der Waals surface area contributed by atoms with E-state index in [-0.39, 0.29) is 5.91 Å². The molecule has 0 bridgehead atoms. The van der Waals surface area contributed by atoms with E-state index in [1.807, 2.05) is 30.3 Å². The number of benzene rings is 1. The van der Waals surface area contributed by atoms with Crippen LogP contribution >= 0.6 is 0 Å². The molecule has 142 valence electrons. The number of nitrogens with zero attached hydrogens (tertiary/aromatic N) is 4. The zero-order chi connectivity index (χ0) is 19.2. The molecule has 4 rings (SSSR count). The van der Waals surface area contributed by atoms with Crippen LogP contribution in [0.5, 0.6) is 0 Å². The molecule has 1 N–H and O–H groups in total. The molecule has 3 heterocycles. The summed E-state index contributed by atoms with van der Waals surface area (Å²) < 4.78 is 0. The van der Waals surface area contributed by atoms with Crippen molar-refractivity contribution in [3.63, 3.8) is 0 Å². The fourth-order valence-corrected chi connectivity index (χ4v) is 3.34. The molecule has 0 unspecified atom stereocenters. The Bertz CT molecular complexity index is 908. The Morgan fingerprint density at radius 2 is 1.61 bits per heavy atom. The van der Waals surface area contributed by atoms with Crippen LogP contribution in [-0.2, 0) is 6.54 Å². The molecular formula is C22H23N5O. The number of hydrogen-bond acceptors (Lipinski definition) is 5. The summed E-state index contributed by atoms with van der Waals surface area (Å²) in [6.45, 7) is 4.03. The van der Waals surface area contributed by atoms with Crippen LogP contribution < -0.4 is 15.1 Å². The first-order valence-electron chi connectivity index (χ1n) is 9.49. The molecule has 6 heteroatoms. The third-order valence-corrected chi connectivity index (χ3v) is 4.89. The molecule has 0 saturated carbocycles. The second-order valence-corrected chi connectivity index (χ2v) is 6.72. The molecule has 1 aliphatic rings. The van der Waals surface area contributed by atoms with E-state index in [0.29, 0.717) is 12.1 Å². The Morgan fingerprint density at radius 1 is 0.857 bits per heavy atom. The number of carbonyl (C=O) groups excluding carboxylic acids is 1. The Labute approximate surface area is 164 Å². The highest BCUT2D eigenvalue weighted by atomic mass is 16.1. The maximum absolute atomic E-state index is 12.5. The smallest absolute Gasteiger partial charge is 0.251 e. The van der Waals surface area contributed by atoms with Gasteiger partial charge in [-0.25, -0.2) is 4.98 Å². The van der Waals surface area contributed by atoms with Crippen molar-refractivity contribution in [3.8, 4) is 0 Å². The summed E-state index contributed by atoms with van der Waals surface area (Å²) in [6.07, 6.45) is 3.43. The number of rotatable bonds is 5. The standard InChI is InChI=1S/C22H23N5O/c28-22(25-17-19-6-4-5-10-23-19)18-9-11-24-21(16-18)27-14-12-26(13-15-27)20-7-2-1-3-8-20/h1-11,16H,12-15,17H2,(H,25,28). The number of anilines is 2. The van der Waals surface area contributed by atoms with Crippen LogP contribution in [0, 0.1) is 0 Å². The van der Waals surface area contributed by atoms with Gasteiger partial charge in [-0.15, -0.1) is 0 Å². The van der Waals surface area contributed by atoms with Gasteiger partial charge in [0.25, 0.3) is 5.91 Å². The topological polar surface area (TPSA) is 61.4 Å². The normalized spacial score (nSPS) is 14.0. The number of amides is 1. The fourth-order valence-electron chi connectivity index (χ4n) is 3.34. The second kappa shape index (κ2) is 8.52. The Morgan fingerprint density at radius 3 is 2.36 bits per heavy atom. The van der Waals surface area contributed by atoms with Crippen LogP contribution in [0.25, 0.3) is 0 Å². The van der Waals surface area contributed by atoms with Gasteiger partial charge in [0.15, 0.2) is 0 Å². The summed E-state index contributed by atoms with van der Waals surface area (Å²) in [4.78, 5) is 25.8. The van der Waals surface area contributed by atoms with Gasteiger partial charge in [0.1, 0.15) is 5.82 Å². The molecule has 28 heavy (non-hydrogen) atoms. The molecule has 1 aliphatic heterocycles. The van der Waals surface area contributed by atoms with Gasteiger partial charge in [-0.1, -0.05) is 24.3 Å². The number of carbonyl (C=O) groups is 1. The summed E-state index contributed by atoms with van der Waals surface area (Å²) in [5, 5.41) is 2.92. The van der Waals surface area contributed by atoms with Gasteiger partial charge in [-0.05, 0) is 36.4 Å². The van der Waals surface area contributed by atoms with E-state index in [9.17, 15) is 4.79 Å². The SMILES string of the molecule is O=C(NCc1ccccn1)c1ccnc(N2CCN(c3ccccc3)CC2)c1. The first-order valence-corrected chi connectivity index (χ1v) is 9.49. The van der Waals surface area contributed by atoms with Crippen LogP contribution in [0.4, 0.5) is 11.5 Å². The summed E-state index contributed by atoms with van der Waals surface area (Å²) >= 11 is 0. The van der Waals surface area contributed by atoms with E-state index < -0.39 is 0 Å². The molecule has 1 amide bonds. The van der Waals surface area contributed by atoms with Gasteiger partial charge in [0.05, 0.1) is 12.2 Å². The van der Waals surface area contributed by atoms with Crippen LogP contribution in [0.2, 0.25) is 0 Å². The lowest BCUT2D eigenvalue weighted by Gasteiger charge is -2.36. The minimum absolute atomic E-state index is 0.114. The van der Waals surface area contributed by atoms with Crippen LogP contribution in [-0.4, -0.2) is 42.1 Å². The van der Waals surface area contributed by atoms with Gasteiger partial charge in [-0.3, -0.25) is 9.78 Å². The predicted molar refractivity (Wildman–Crippen MR) is 111 cm³/mol. The fraction of sp³-hybridized carbons (Fsp3) is 0.227. The van der Waals surface area contributed by atoms with E-state index in [1.54, 1.807) is 18.5 Å². The van der Waals surface area contributed by atoms with Crippen LogP contribution in [0.15, 0.2) is 73.1 Å². The number of pyridine rings is 2. The van der Waals surface area contributed by atoms with Crippen molar-refractivity contribution in [1.82, 2.24) is 15.3 Å². The number of piperazine rings is 1. The van der Waals surface area contributed by atoms with Crippen molar-refractivity contribution < 1.29 is 4.79 Å². The number of nitrogens with one attached hydrogen (secondary N) is 1. The van der Waals surface area contributed by atoms with Gasteiger partial charge >= 0.3 is 0 Å². The highest BCUT2D eigenvalue weighted by molar-refractivity contribution is 5.94. The molecule has 1 aromatic carbocycles. The molecule has 6 nitrogen and oxygen atoms in total. The summed E-state index contributed by atoms with van der Waals surface area (Å²) in [7, 11) is 0. The van der Waals surface area contributed by atoms with E-state index >= 15 is 0 Å². The maximum atomic E-state index is 12.5. The van der Waals surface area contributed by atoms with Gasteiger partial charge in [0, 0.05) is 49.8 Å². The van der Waals surface area contributed by atoms with E-state index in [2.05, 4.69) is 49.4 Å². The molecule has 1 saturated heterocycles. The van der Waals surface area contributed by atoms with Crippen molar-refractivity contribution in [2.75, 3.05) is 36.0 Å². The van der Waals surface area contributed by atoms with Gasteiger partial charge in [-0.2, -0.15) is 0 Å². The van der Waals surface area contributed by atoms with Crippen LogP contribution in [0.1, 0.15) is 16.1 Å². The van der Waals surface area contributed by atoms with Crippen molar-refractivity contribution in [2.45, 2.75) is 6.54 Å². The molecule has 0 spiro atoms. The third kappa shape index (κ3) is 4.28. The zero-order valence-corrected chi connectivity index (χ0v) is 15.7. The van der Waals surface area contributed by atoms with E-state index in [0.717, 1.165) is 37.7 Å². The minimum atomic E-state index is -0.114. The van der Waals surface area contributed by atoms with Gasteiger partial charge in [0.2, 0.25) is 0 Å². The molecule has 0 aliphatic carbocycles. The quantitative estimate of drug-likeness (QED) is 0.745. The van der Waals surface area contributed by atoms with E-state index in [1.165, 1.54) is 5.69 Å². The Hall–Kier alpha value is -3.41. The monoisotopic (exact) mass is 373 g/mol. The average Bonchev–Trinajstić information content (AvgIpc) is 2.79. The van der Waals surface area contributed by atoms with Crippen molar-refractivity contribution in [3.05, 3.63) is 84.3 Å². The molecule has 1 fully saturated rings. The van der Waals surface area contributed by atoms with Crippen molar-refractivity contribution in [2.24, 2.45) is 0 Å². The first kappa shape index (κ1) is 18.0. The lowest BCUT2D eigenvalue weighted by molar-refractivity contribution is 0.0950. The minimum Gasteiger partial charge on any atom is -0.368 e. The van der Waals surface area contributed by atoms with Gasteiger partial charge < -0.3 is 15.1 Å². The molecule has 0 atom stereocenters.